The fourth-order valence-corrected chi connectivity index (χ4v) is 4.46. The molecule has 5 aromatic rings. The standard InChI is InChI=1S/C27H11F9O/c1-37-27-25(35)23(33)21(24(34)26(27)36)20-12-5-3-2-4-11(12)19(10-6-17(30)22(32)18(31)7-10)13-8-15(28)16(29)9-14(13)20/h2-9H,1H3. The SMILES string of the molecule is COc1c(F)c(F)c(-c2c3ccccc3c(-c3cc(F)c(F)c(F)c3)c3cc(F)c(F)cc23)c(F)c1F. The molecule has 1 nitrogen and oxygen atoms in total. The Morgan fingerprint density at radius 2 is 0.919 bits per heavy atom. The van der Waals surface area contributed by atoms with E-state index in [1.807, 2.05) is 0 Å². The number of ether oxygens (including phenoxy) is 1. The second kappa shape index (κ2) is 8.72. The van der Waals surface area contributed by atoms with Crippen molar-refractivity contribution in [3.8, 4) is 28.0 Å². The summed E-state index contributed by atoms with van der Waals surface area (Å²) in [5.41, 5.74) is -2.28. The zero-order valence-electron chi connectivity index (χ0n) is 18.4. The Labute approximate surface area is 202 Å². The van der Waals surface area contributed by atoms with Crippen LogP contribution in [0, 0.1) is 52.4 Å². The van der Waals surface area contributed by atoms with Crippen LogP contribution >= 0.6 is 0 Å². The molecule has 37 heavy (non-hydrogen) atoms. The molecule has 0 aliphatic carbocycles. The van der Waals surface area contributed by atoms with E-state index in [4.69, 9.17) is 0 Å². The number of hydrogen-bond acceptors (Lipinski definition) is 1. The molecule has 0 atom stereocenters. The van der Waals surface area contributed by atoms with Gasteiger partial charge in [0.05, 0.1) is 12.7 Å². The van der Waals surface area contributed by atoms with Crippen molar-refractivity contribution in [1.82, 2.24) is 0 Å². The molecule has 0 N–H and O–H groups in total. The molecule has 0 amide bonds. The van der Waals surface area contributed by atoms with Gasteiger partial charge in [-0.3, -0.25) is 0 Å². The molecule has 188 valence electrons. The van der Waals surface area contributed by atoms with E-state index < -0.39 is 74.6 Å². The minimum Gasteiger partial charge on any atom is -0.491 e. The third-order valence-electron chi connectivity index (χ3n) is 6.01. The van der Waals surface area contributed by atoms with Crippen LogP contribution in [0.2, 0.25) is 0 Å². The van der Waals surface area contributed by atoms with Crippen molar-refractivity contribution in [3.05, 3.63) is 101 Å². The highest BCUT2D eigenvalue weighted by atomic mass is 19.2. The van der Waals surface area contributed by atoms with Gasteiger partial charge in [-0.25, -0.2) is 30.7 Å². The van der Waals surface area contributed by atoms with Crippen molar-refractivity contribution in [2.45, 2.75) is 0 Å². The van der Waals surface area contributed by atoms with E-state index in [-0.39, 0.29) is 27.3 Å². The summed E-state index contributed by atoms with van der Waals surface area (Å²) in [5, 5.41) is -0.923. The van der Waals surface area contributed by atoms with Crippen LogP contribution in [0.5, 0.6) is 5.75 Å². The average molecular weight is 522 g/mol. The lowest BCUT2D eigenvalue weighted by Crippen LogP contribution is -2.05. The van der Waals surface area contributed by atoms with Crippen molar-refractivity contribution >= 4 is 21.5 Å². The van der Waals surface area contributed by atoms with Crippen LogP contribution in [-0.4, -0.2) is 7.11 Å². The summed E-state index contributed by atoms with van der Waals surface area (Å²) >= 11 is 0. The van der Waals surface area contributed by atoms with Crippen molar-refractivity contribution in [2.24, 2.45) is 0 Å². The van der Waals surface area contributed by atoms with Gasteiger partial charge in [0.25, 0.3) is 0 Å². The first-order valence-corrected chi connectivity index (χ1v) is 10.4. The molecule has 0 radical (unpaired) electrons. The quantitative estimate of drug-likeness (QED) is 0.0998. The normalized spacial score (nSPS) is 11.5. The number of halogens is 9. The smallest absolute Gasteiger partial charge is 0.204 e. The molecular formula is C27H11F9O. The van der Waals surface area contributed by atoms with Crippen LogP contribution in [0.4, 0.5) is 39.5 Å². The summed E-state index contributed by atoms with van der Waals surface area (Å²) in [5.74, 6) is -16.7. The van der Waals surface area contributed by atoms with Crippen LogP contribution in [0.25, 0.3) is 43.8 Å². The molecule has 0 saturated carbocycles. The Morgan fingerprint density at radius 3 is 1.41 bits per heavy atom. The molecule has 0 aliphatic heterocycles. The summed E-state index contributed by atoms with van der Waals surface area (Å²) in [6, 6.07) is 7.71. The molecule has 0 aromatic heterocycles. The van der Waals surface area contributed by atoms with Crippen molar-refractivity contribution < 1.29 is 44.3 Å². The van der Waals surface area contributed by atoms with Gasteiger partial charge >= 0.3 is 0 Å². The number of rotatable bonds is 3. The Balaban J connectivity index is 2.06. The van der Waals surface area contributed by atoms with Crippen molar-refractivity contribution in [2.75, 3.05) is 7.11 Å². The third kappa shape index (κ3) is 3.58. The van der Waals surface area contributed by atoms with E-state index >= 15 is 8.78 Å². The Hall–Kier alpha value is -4.21. The first-order chi connectivity index (χ1) is 17.6. The maximum atomic E-state index is 15.2. The lowest BCUT2D eigenvalue weighted by atomic mass is 9.85. The molecule has 5 aromatic carbocycles. The molecule has 0 heterocycles. The van der Waals surface area contributed by atoms with Gasteiger partial charge < -0.3 is 4.74 Å². The number of benzene rings is 5. The summed E-state index contributed by atoms with van der Waals surface area (Å²) in [6.45, 7) is 0. The van der Waals surface area contributed by atoms with Gasteiger partial charge in [-0.2, -0.15) is 8.78 Å². The van der Waals surface area contributed by atoms with E-state index in [9.17, 15) is 30.7 Å². The highest BCUT2D eigenvalue weighted by Gasteiger charge is 2.30. The number of hydrogen-bond donors (Lipinski definition) is 0. The van der Waals surface area contributed by atoms with Crippen molar-refractivity contribution in [3.63, 3.8) is 0 Å². The fraction of sp³-hybridized carbons (Fsp3) is 0.0370. The van der Waals surface area contributed by atoms with Crippen LogP contribution in [0.3, 0.4) is 0 Å². The molecule has 0 bridgehead atoms. The second-order valence-corrected chi connectivity index (χ2v) is 8.03. The molecule has 5 rings (SSSR count). The molecule has 0 fully saturated rings. The van der Waals surface area contributed by atoms with Crippen LogP contribution < -0.4 is 4.74 Å². The van der Waals surface area contributed by atoms with Gasteiger partial charge in [0, 0.05) is 5.56 Å². The summed E-state index contributed by atoms with van der Waals surface area (Å²) in [6.07, 6.45) is 0. The topological polar surface area (TPSA) is 9.23 Å². The maximum Gasteiger partial charge on any atom is 0.204 e. The minimum atomic E-state index is -1.88. The van der Waals surface area contributed by atoms with Gasteiger partial charge in [0.2, 0.25) is 11.6 Å². The van der Waals surface area contributed by atoms with Crippen molar-refractivity contribution in [1.29, 1.82) is 0 Å². The lowest BCUT2D eigenvalue weighted by Gasteiger charge is -2.19. The monoisotopic (exact) mass is 522 g/mol. The Morgan fingerprint density at radius 1 is 0.459 bits per heavy atom. The van der Waals surface area contributed by atoms with Gasteiger partial charge in [-0.05, 0) is 56.9 Å². The highest BCUT2D eigenvalue weighted by Crippen LogP contribution is 2.47. The molecule has 0 spiro atoms. The average Bonchev–Trinajstić information content (AvgIpc) is 2.87. The fourth-order valence-electron chi connectivity index (χ4n) is 4.46. The van der Waals surface area contributed by atoms with Gasteiger partial charge in [-0.15, -0.1) is 0 Å². The first kappa shape index (κ1) is 24.5. The highest BCUT2D eigenvalue weighted by molar-refractivity contribution is 6.21. The predicted molar refractivity (Wildman–Crippen MR) is 119 cm³/mol. The summed E-state index contributed by atoms with van der Waals surface area (Å²) < 4.78 is 135. The molecule has 0 unspecified atom stereocenters. The number of fused-ring (bicyclic) bond motifs is 2. The zero-order chi connectivity index (χ0) is 26.8. The predicted octanol–water partition coefficient (Wildman–Crippen LogP) is 8.59. The third-order valence-corrected chi connectivity index (χ3v) is 6.01. The molecular weight excluding hydrogens is 511 g/mol. The zero-order valence-corrected chi connectivity index (χ0v) is 18.4. The van der Waals surface area contributed by atoms with E-state index in [1.165, 1.54) is 24.3 Å². The first-order valence-electron chi connectivity index (χ1n) is 10.4. The second-order valence-electron chi connectivity index (χ2n) is 8.03. The van der Waals surface area contributed by atoms with E-state index in [0.717, 1.165) is 7.11 Å². The van der Waals surface area contributed by atoms with E-state index in [0.29, 0.717) is 24.3 Å². The number of methoxy groups -OCH3 is 1. The summed E-state index contributed by atoms with van der Waals surface area (Å²) in [4.78, 5) is 0. The largest absolute Gasteiger partial charge is 0.491 e. The van der Waals surface area contributed by atoms with Crippen LogP contribution in [0.15, 0.2) is 48.5 Å². The Kier molecular flexibility index (Phi) is 5.77. The van der Waals surface area contributed by atoms with Gasteiger partial charge in [0.1, 0.15) is 0 Å². The molecule has 10 heteroatoms. The lowest BCUT2D eigenvalue weighted by molar-refractivity contribution is 0.334. The van der Waals surface area contributed by atoms with Crippen LogP contribution in [0.1, 0.15) is 0 Å². The Bertz CT molecular complexity index is 1710. The van der Waals surface area contributed by atoms with E-state index in [1.54, 1.807) is 0 Å². The minimum absolute atomic E-state index is 0.0168. The van der Waals surface area contributed by atoms with E-state index in [2.05, 4.69) is 4.74 Å². The van der Waals surface area contributed by atoms with Gasteiger partial charge in [0.15, 0.2) is 46.5 Å². The maximum absolute atomic E-state index is 15.2. The van der Waals surface area contributed by atoms with Gasteiger partial charge in [-0.1, -0.05) is 24.3 Å². The van der Waals surface area contributed by atoms with Crippen LogP contribution in [-0.2, 0) is 0 Å². The molecule has 0 saturated heterocycles. The summed E-state index contributed by atoms with van der Waals surface area (Å²) in [7, 11) is 0.790. The molecule has 0 aliphatic rings.